The smallest absolute Gasteiger partial charge is 0.358 e. The number of ether oxygens (including phenoxy) is 1. The van der Waals surface area contributed by atoms with Crippen molar-refractivity contribution in [2.45, 2.75) is 0 Å². The van der Waals surface area contributed by atoms with E-state index in [1.807, 2.05) is 0 Å². The summed E-state index contributed by atoms with van der Waals surface area (Å²) in [5.74, 6) is 0. The molecule has 0 aromatic carbocycles. The Bertz CT molecular complexity index is 99.5. The Morgan fingerprint density at radius 2 is 2.12 bits per heavy atom. The molecule has 0 aromatic rings. The molecule has 0 N–H and O–H groups in total. The molecule has 8 heavy (non-hydrogen) atoms. The van der Waals surface area contributed by atoms with Gasteiger partial charge < -0.3 is 4.74 Å². The van der Waals surface area contributed by atoms with Crippen molar-refractivity contribution < 1.29 is 22.2 Å². The molecule has 0 saturated heterocycles. The molecule has 0 bridgehead atoms. The summed E-state index contributed by atoms with van der Waals surface area (Å²) in [6.45, 7) is -0.635. The van der Waals surface area contributed by atoms with Gasteiger partial charge >= 0.3 is 7.99 Å². The highest BCUT2D eigenvalue weighted by atomic mass is 31.2. The van der Waals surface area contributed by atoms with Gasteiger partial charge in [-0.3, -0.25) is 4.52 Å². The predicted octanol–water partition coefficient (Wildman–Crippen LogP) is 1.65. The predicted molar refractivity (Wildman–Crippen MR) is 22.8 cm³/mol. The summed E-state index contributed by atoms with van der Waals surface area (Å²) >= 11 is 0. The van der Waals surface area contributed by atoms with Crippen molar-refractivity contribution in [1.82, 2.24) is 0 Å². The van der Waals surface area contributed by atoms with E-state index < -0.39 is 14.8 Å². The second kappa shape index (κ2) is 3.12. The van der Waals surface area contributed by atoms with E-state index in [1.165, 1.54) is 0 Å². The number of rotatable bonds is 3. The van der Waals surface area contributed by atoms with Gasteiger partial charge in [-0.25, -0.2) is 4.57 Å². The quantitative estimate of drug-likeness (QED) is 0.448. The van der Waals surface area contributed by atoms with E-state index in [-0.39, 0.29) is 0 Å². The Morgan fingerprint density at radius 1 is 1.62 bits per heavy atom. The highest BCUT2D eigenvalue weighted by Crippen LogP contribution is 2.49. The van der Waals surface area contributed by atoms with Crippen LogP contribution >= 0.6 is 7.99 Å². The van der Waals surface area contributed by atoms with Gasteiger partial charge in [0.25, 0.3) is 0 Å². The molecule has 0 amide bonds. The van der Waals surface area contributed by atoms with Crippen LogP contribution in [0.5, 0.6) is 0 Å². The second-order valence-corrected chi connectivity index (χ2v) is 2.04. The lowest BCUT2D eigenvalue weighted by Gasteiger charge is -1.96. The summed E-state index contributed by atoms with van der Waals surface area (Å²) < 4.78 is 39.1. The summed E-state index contributed by atoms with van der Waals surface area (Å²) in [5, 5.41) is 0. The molecule has 0 saturated carbocycles. The number of halogens is 2. The molecule has 3 nitrogen and oxygen atoms in total. The van der Waals surface area contributed by atoms with E-state index >= 15 is 0 Å². The molecule has 0 heterocycles. The standard InChI is InChI=1S/C2H5F2O3P/c1-6-2-7-8(3,4)5/h2H2,1H3. The number of hydrogen-bond acceptors (Lipinski definition) is 3. The molecular weight excluding hydrogens is 141 g/mol. The number of methoxy groups -OCH3 is 1. The van der Waals surface area contributed by atoms with Crippen molar-refractivity contribution in [3.8, 4) is 0 Å². The molecule has 0 atom stereocenters. The maximum atomic E-state index is 11.2. The fourth-order valence-corrected chi connectivity index (χ4v) is 0.342. The molecule has 0 radical (unpaired) electrons. The minimum Gasteiger partial charge on any atom is -0.358 e. The minimum atomic E-state index is -5.31. The van der Waals surface area contributed by atoms with Crippen molar-refractivity contribution in [1.29, 1.82) is 0 Å². The van der Waals surface area contributed by atoms with Crippen molar-refractivity contribution >= 4 is 7.99 Å². The molecular formula is C2H5F2O3P. The van der Waals surface area contributed by atoms with Gasteiger partial charge in [-0.15, -0.1) is 8.39 Å². The highest BCUT2D eigenvalue weighted by molar-refractivity contribution is 7.47. The van der Waals surface area contributed by atoms with Crippen LogP contribution in [0.1, 0.15) is 0 Å². The maximum absolute atomic E-state index is 11.2. The first-order valence-corrected chi connectivity index (χ1v) is 3.10. The molecule has 0 aliphatic rings. The van der Waals surface area contributed by atoms with Crippen LogP contribution in [0.2, 0.25) is 0 Å². The van der Waals surface area contributed by atoms with Gasteiger partial charge in [0.15, 0.2) is 6.79 Å². The monoisotopic (exact) mass is 146 g/mol. The Morgan fingerprint density at radius 3 is 2.25 bits per heavy atom. The molecule has 0 unspecified atom stereocenters. The molecule has 0 rings (SSSR count). The first kappa shape index (κ1) is 8.01. The second-order valence-electron chi connectivity index (χ2n) is 0.950. The summed E-state index contributed by atoms with van der Waals surface area (Å²) in [6.07, 6.45) is 0. The third kappa shape index (κ3) is 6.01. The van der Waals surface area contributed by atoms with Crippen molar-refractivity contribution in [2.75, 3.05) is 13.9 Å². The van der Waals surface area contributed by atoms with Gasteiger partial charge in [0.2, 0.25) is 0 Å². The normalized spacial score (nSPS) is 11.9. The fourth-order valence-electron chi connectivity index (χ4n) is 0.114. The van der Waals surface area contributed by atoms with E-state index in [2.05, 4.69) is 9.26 Å². The van der Waals surface area contributed by atoms with E-state index in [1.54, 1.807) is 0 Å². The lowest BCUT2D eigenvalue weighted by Crippen LogP contribution is -1.88. The van der Waals surface area contributed by atoms with Crippen LogP contribution in [0, 0.1) is 0 Å². The van der Waals surface area contributed by atoms with Crippen LogP contribution in [-0.4, -0.2) is 13.9 Å². The Kier molecular flexibility index (Phi) is 3.12. The first-order valence-electron chi connectivity index (χ1n) is 1.69. The maximum Gasteiger partial charge on any atom is 0.554 e. The first-order chi connectivity index (χ1) is 3.56. The van der Waals surface area contributed by atoms with Crippen molar-refractivity contribution in [3.05, 3.63) is 0 Å². The third-order valence-corrected chi connectivity index (χ3v) is 0.727. The molecule has 0 spiro atoms. The lowest BCUT2D eigenvalue weighted by molar-refractivity contribution is 0.0408. The Labute approximate surface area is 45.3 Å². The van der Waals surface area contributed by atoms with Gasteiger partial charge in [-0.2, -0.15) is 0 Å². The van der Waals surface area contributed by atoms with Crippen LogP contribution in [0.3, 0.4) is 0 Å². The molecule has 50 valence electrons. The van der Waals surface area contributed by atoms with Gasteiger partial charge in [-0.05, 0) is 0 Å². The van der Waals surface area contributed by atoms with E-state index in [4.69, 9.17) is 0 Å². The van der Waals surface area contributed by atoms with Crippen LogP contribution in [0.15, 0.2) is 0 Å². The van der Waals surface area contributed by atoms with Crippen LogP contribution < -0.4 is 0 Å². The zero-order valence-corrected chi connectivity index (χ0v) is 5.03. The molecule has 0 aliphatic carbocycles. The van der Waals surface area contributed by atoms with Crippen LogP contribution in [0.25, 0.3) is 0 Å². The zero-order valence-electron chi connectivity index (χ0n) is 4.13. The molecule has 0 aromatic heterocycles. The molecule has 6 heteroatoms. The molecule has 0 fully saturated rings. The average Bonchev–Trinajstić information content (AvgIpc) is 1.59. The summed E-state index contributed by atoms with van der Waals surface area (Å²) in [4.78, 5) is 0. The topological polar surface area (TPSA) is 35.5 Å². The third-order valence-electron chi connectivity index (χ3n) is 0.321. The van der Waals surface area contributed by atoms with Crippen LogP contribution in [0.4, 0.5) is 8.39 Å². The van der Waals surface area contributed by atoms with E-state index in [9.17, 15) is 13.0 Å². The highest BCUT2D eigenvalue weighted by Gasteiger charge is 2.19. The van der Waals surface area contributed by atoms with Gasteiger partial charge in [0.05, 0.1) is 0 Å². The van der Waals surface area contributed by atoms with Gasteiger partial charge in [0.1, 0.15) is 0 Å². The fraction of sp³-hybridized carbons (Fsp3) is 1.00. The Hall–Kier alpha value is 0.01000. The largest absolute Gasteiger partial charge is 0.554 e. The van der Waals surface area contributed by atoms with Crippen molar-refractivity contribution in [2.24, 2.45) is 0 Å². The average molecular weight is 146 g/mol. The SMILES string of the molecule is COCOP(=O)(F)F. The summed E-state index contributed by atoms with van der Waals surface area (Å²) in [5.41, 5.74) is 0. The summed E-state index contributed by atoms with van der Waals surface area (Å²) in [6, 6.07) is 0. The molecule has 0 aliphatic heterocycles. The van der Waals surface area contributed by atoms with Crippen LogP contribution in [-0.2, 0) is 13.8 Å². The Balaban J connectivity index is 3.26. The van der Waals surface area contributed by atoms with Crippen molar-refractivity contribution in [3.63, 3.8) is 0 Å². The van der Waals surface area contributed by atoms with E-state index in [0.29, 0.717) is 0 Å². The minimum absolute atomic E-state index is 0.635. The number of hydrogen-bond donors (Lipinski definition) is 0. The zero-order chi connectivity index (χ0) is 6.62. The summed E-state index contributed by atoms with van der Waals surface area (Å²) in [7, 11) is -4.14. The van der Waals surface area contributed by atoms with Gasteiger partial charge in [-0.1, -0.05) is 0 Å². The van der Waals surface area contributed by atoms with Gasteiger partial charge in [0, 0.05) is 7.11 Å². The lowest BCUT2D eigenvalue weighted by atomic mass is 11.4. The van der Waals surface area contributed by atoms with E-state index in [0.717, 1.165) is 7.11 Å².